The van der Waals surface area contributed by atoms with Gasteiger partial charge < -0.3 is 4.90 Å². The van der Waals surface area contributed by atoms with E-state index in [1.807, 2.05) is 0 Å². The number of hydrogen-bond acceptors (Lipinski definition) is 1. The quantitative estimate of drug-likeness (QED) is 0.207. The number of rotatable bonds is 3. The molecule has 1 nitrogen and oxygen atoms in total. The van der Waals surface area contributed by atoms with Gasteiger partial charge in [0, 0.05) is 11.4 Å². The van der Waals surface area contributed by atoms with Crippen molar-refractivity contribution >= 4 is 22.5 Å². The Balaban J connectivity index is 1.30. The first-order chi connectivity index (χ1) is 21.8. The zero-order valence-electron chi connectivity index (χ0n) is 24.4. The SMILES string of the molecule is C1=C(c2ccccc2)C=C(c2ccccc2)CC1N1c2ccccc2C2(c3ccccc3-c3ccccc32)c2ccccc21. The zero-order valence-corrected chi connectivity index (χ0v) is 24.4. The second-order valence-corrected chi connectivity index (χ2v) is 12.0. The third-order valence-electron chi connectivity index (χ3n) is 9.80. The molecule has 1 heteroatoms. The van der Waals surface area contributed by atoms with Gasteiger partial charge in [-0.2, -0.15) is 0 Å². The molecule has 6 aromatic carbocycles. The lowest BCUT2D eigenvalue weighted by Crippen LogP contribution is -2.41. The fourth-order valence-electron chi connectivity index (χ4n) is 8.06. The summed E-state index contributed by atoms with van der Waals surface area (Å²) in [5.41, 5.74) is 15.5. The van der Waals surface area contributed by atoms with Gasteiger partial charge in [-0.05, 0) is 74.2 Å². The van der Waals surface area contributed by atoms with Crippen LogP contribution in [0, 0.1) is 0 Å². The van der Waals surface area contributed by atoms with Crippen LogP contribution in [0.15, 0.2) is 170 Å². The standard InChI is InChI=1S/C43H31N/c1-3-15-30(16-4-1)32-27-33(31-17-5-2-6-18-31)29-34(28-32)44-41-25-13-11-23-39(41)43(40-24-12-14-26-42(40)44)37-21-9-7-19-35(37)36-20-8-10-22-38(36)43/h1-28,34H,29H2. The maximum absolute atomic E-state index is 2.62. The summed E-state index contributed by atoms with van der Waals surface area (Å²) >= 11 is 0. The smallest absolute Gasteiger partial charge is 0.0754 e. The van der Waals surface area contributed by atoms with Gasteiger partial charge in [-0.15, -0.1) is 0 Å². The molecule has 6 aromatic rings. The maximum Gasteiger partial charge on any atom is 0.0754 e. The van der Waals surface area contributed by atoms with Crippen molar-refractivity contribution in [1.29, 1.82) is 0 Å². The summed E-state index contributed by atoms with van der Waals surface area (Å²) in [6.45, 7) is 0. The molecule has 1 aliphatic heterocycles. The predicted molar refractivity (Wildman–Crippen MR) is 183 cm³/mol. The van der Waals surface area contributed by atoms with Crippen LogP contribution in [0.1, 0.15) is 39.8 Å². The zero-order chi connectivity index (χ0) is 29.1. The Morgan fingerprint density at radius 1 is 0.455 bits per heavy atom. The summed E-state index contributed by atoms with van der Waals surface area (Å²) in [6.07, 6.45) is 5.81. The van der Waals surface area contributed by atoms with E-state index in [2.05, 4.69) is 175 Å². The third-order valence-corrected chi connectivity index (χ3v) is 9.80. The van der Waals surface area contributed by atoms with E-state index in [0.717, 1.165) is 6.42 Å². The van der Waals surface area contributed by atoms with E-state index in [-0.39, 0.29) is 11.5 Å². The molecule has 1 heterocycles. The lowest BCUT2D eigenvalue weighted by molar-refractivity contribution is 0.704. The van der Waals surface area contributed by atoms with Gasteiger partial charge in [0.05, 0.1) is 11.5 Å². The van der Waals surface area contributed by atoms with Crippen LogP contribution in [0.3, 0.4) is 0 Å². The van der Waals surface area contributed by atoms with Crippen LogP contribution in [-0.2, 0) is 5.41 Å². The van der Waals surface area contributed by atoms with Crippen molar-refractivity contribution in [1.82, 2.24) is 0 Å². The molecule has 0 radical (unpaired) electrons. The number of nitrogens with zero attached hydrogens (tertiary/aromatic N) is 1. The molecule has 0 amide bonds. The minimum atomic E-state index is -0.379. The van der Waals surface area contributed by atoms with E-state index >= 15 is 0 Å². The Kier molecular flexibility index (Phi) is 5.61. The molecule has 0 bridgehead atoms. The van der Waals surface area contributed by atoms with Gasteiger partial charge in [-0.3, -0.25) is 0 Å². The van der Waals surface area contributed by atoms with Crippen LogP contribution >= 0.6 is 0 Å². The van der Waals surface area contributed by atoms with Crippen LogP contribution < -0.4 is 4.90 Å². The molecule has 0 saturated carbocycles. The van der Waals surface area contributed by atoms with Crippen molar-refractivity contribution in [3.05, 3.63) is 203 Å². The molecular formula is C43H31N. The van der Waals surface area contributed by atoms with Crippen LogP contribution in [0.2, 0.25) is 0 Å². The van der Waals surface area contributed by atoms with Gasteiger partial charge in [0.15, 0.2) is 0 Å². The molecule has 208 valence electrons. The van der Waals surface area contributed by atoms with Crippen molar-refractivity contribution < 1.29 is 0 Å². The van der Waals surface area contributed by atoms with Gasteiger partial charge in [-0.25, -0.2) is 0 Å². The number of allylic oxidation sites excluding steroid dienone is 2. The Bertz CT molecular complexity index is 2010. The fourth-order valence-corrected chi connectivity index (χ4v) is 8.06. The summed E-state index contributed by atoms with van der Waals surface area (Å²) in [7, 11) is 0. The normalized spacial score (nSPS) is 17.2. The fraction of sp³-hybridized carbons (Fsp3) is 0.0698. The van der Waals surface area contributed by atoms with Gasteiger partial charge in [0.25, 0.3) is 0 Å². The molecule has 3 aliphatic rings. The topological polar surface area (TPSA) is 3.24 Å². The molecule has 0 fully saturated rings. The van der Waals surface area contributed by atoms with Gasteiger partial charge in [0.2, 0.25) is 0 Å². The van der Waals surface area contributed by atoms with Crippen LogP contribution in [-0.4, -0.2) is 6.04 Å². The Labute approximate surface area is 259 Å². The molecule has 44 heavy (non-hydrogen) atoms. The monoisotopic (exact) mass is 561 g/mol. The number of para-hydroxylation sites is 2. The highest BCUT2D eigenvalue weighted by Gasteiger charge is 2.51. The van der Waals surface area contributed by atoms with Crippen molar-refractivity contribution in [3.63, 3.8) is 0 Å². The lowest BCUT2D eigenvalue weighted by Gasteiger charge is -2.47. The maximum atomic E-state index is 2.62. The molecule has 1 atom stereocenters. The molecule has 0 N–H and O–H groups in total. The number of hydrogen-bond donors (Lipinski definition) is 0. The van der Waals surface area contributed by atoms with Gasteiger partial charge in [-0.1, -0.05) is 158 Å². The first-order valence-electron chi connectivity index (χ1n) is 15.5. The summed E-state index contributed by atoms with van der Waals surface area (Å²) in [5.74, 6) is 0. The summed E-state index contributed by atoms with van der Waals surface area (Å²) in [4.78, 5) is 2.62. The average molecular weight is 562 g/mol. The van der Waals surface area contributed by atoms with Crippen LogP contribution in [0.4, 0.5) is 11.4 Å². The first kappa shape index (κ1) is 25.1. The second kappa shape index (κ2) is 9.82. The highest BCUT2D eigenvalue weighted by Crippen LogP contribution is 2.62. The third kappa shape index (κ3) is 3.53. The Morgan fingerprint density at radius 3 is 1.48 bits per heavy atom. The highest BCUT2D eigenvalue weighted by atomic mass is 15.2. The highest BCUT2D eigenvalue weighted by molar-refractivity contribution is 5.95. The summed E-state index contributed by atoms with van der Waals surface area (Å²) < 4.78 is 0. The predicted octanol–water partition coefficient (Wildman–Crippen LogP) is 10.4. The van der Waals surface area contributed by atoms with Crippen molar-refractivity contribution in [3.8, 4) is 11.1 Å². The second-order valence-electron chi connectivity index (χ2n) is 12.0. The average Bonchev–Trinajstić information content (AvgIpc) is 3.40. The van der Waals surface area contributed by atoms with Crippen LogP contribution in [0.25, 0.3) is 22.3 Å². The number of benzene rings is 6. The first-order valence-corrected chi connectivity index (χ1v) is 15.5. The van der Waals surface area contributed by atoms with Crippen molar-refractivity contribution in [2.45, 2.75) is 17.9 Å². The molecule has 2 aliphatic carbocycles. The van der Waals surface area contributed by atoms with E-state index < -0.39 is 0 Å². The van der Waals surface area contributed by atoms with Crippen molar-refractivity contribution in [2.75, 3.05) is 4.90 Å². The Morgan fingerprint density at radius 2 is 0.909 bits per heavy atom. The summed E-state index contributed by atoms with van der Waals surface area (Å²) in [6, 6.07) is 58.2. The van der Waals surface area contributed by atoms with E-state index in [1.165, 1.54) is 67.0 Å². The largest absolute Gasteiger partial charge is 0.334 e. The Hall–Kier alpha value is -5.40. The van der Waals surface area contributed by atoms with Gasteiger partial charge in [0.1, 0.15) is 0 Å². The molecular weight excluding hydrogens is 530 g/mol. The summed E-state index contributed by atoms with van der Waals surface area (Å²) in [5, 5.41) is 0. The molecule has 1 unspecified atom stereocenters. The number of anilines is 2. The van der Waals surface area contributed by atoms with E-state index in [4.69, 9.17) is 0 Å². The molecule has 0 aromatic heterocycles. The van der Waals surface area contributed by atoms with E-state index in [0.29, 0.717) is 0 Å². The van der Waals surface area contributed by atoms with Crippen molar-refractivity contribution in [2.24, 2.45) is 0 Å². The van der Waals surface area contributed by atoms with E-state index in [1.54, 1.807) is 0 Å². The van der Waals surface area contributed by atoms with Crippen LogP contribution in [0.5, 0.6) is 0 Å². The minimum absolute atomic E-state index is 0.136. The number of fused-ring (bicyclic) bond motifs is 9. The van der Waals surface area contributed by atoms with Gasteiger partial charge >= 0.3 is 0 Å². The molecule has 9 rings (SSSR count). The molecule has 1 spiro atoms. The minimum Gasteiger partial charge on any atom is -0.334 e. The van der Waals surface area contributed by atoms with E-state index in [9.17, 15) is 0 Å². The lowest BCUT2D eigenvalue weighted by atomic mass is 9.64. The molecule has 0 saturated heterocycles.